The standard InChI is InChI=1S/C15H15N3O3/c1-9-7-12(17(2)16-9)14(19)18-11-6-4-3-5-10(11)8-13(18)15(20)21/h3-7,13H,8H2,1-2H3,(H,20,21)/t13-/m0/s1. The second kappa shape index (κ2) is 4.73. The third-order valence-electron chi connectivity index (χ3n) is 3.70. The van der Waals surface area contributed by atoms with E-state index >= 15 is 0 Å². The molecular formula is C15H15N3O3. The van der Waals surface area contributed by atoms with E-state index in [4.69, 9.17) is 0 Å². The third kappa shape index (κ3) is 2.08. The van der Waals surface area contributed by atoms with Crippen molar-refractivity contribution in [1.82, 2.24) is 9.78 Å². The molecule has 21 heavy (non-hydrogen) atoms. The summed E-state index contributed by atoms with van der Waals surface area (Å²) in [5.74, 6) is -1.34. The molecule has 6 heteroatoms. The predicted octanol–water partition coefficient (Wildman–Crippen LogP) is 1.38. The summed E-state index contributed by atoms with van der Waals surface area (Å²) in [6.07, 6.45) is 0.327. The minimum absolute atomic E-state index is 0.327. The van der Waals surface area contributed by atoms with E-state index < -0.39 is 12.0 Å². The lowest BCUT2D eigenvalue weighted by atomic mass is 10.1. The zero-order chi connectivity index (χ0) is 15.1. The molecule has 0 saturated carbocycles. The van der Waals surface area contributed by atoms with Gasteiger partial charge in [0.1, 0.15) is 11.7 Å². The monoisotopic (exact) mass is 285 g/mol. The van der Waals surface area contributed by atoms with Gasteiger partial charge < -0.3 is 5.11 Å². The van der Waals surface area contributed by atoms with Crippen LogP contribution in [0.3, 0.4) is 0 Å². The van der Waals surface area contributed by atoms with Crippen molar-refractivity contribution in [2.24, 2.45) is 7.05 Å². The molecule has 2 aromatic rings. The first-order valence-electron chi connectivity index (χ1n) is 6.64. The number of amides is 1. The fourth-order valence-electron chi connectivity index (χ4n) is 2.77. The summed E-state index contributed by atoms with van der Waals surface area (Å²) in [5, 5.41) is 13.6. The van der Waals surface area contributed by atoms with Crippen molar-refractivity contribution >= 4 is 17.6 Å². The van der Waals surface area contributed by atoms with Gasteiger partial charge in [0.15, 0.2) is 0 Å². The second-order valence-corrected chi connectivity index (χ2v) is 5.16. The van der Waals surface area contributed by atoms with Gasteiger partial charge in [0.25, 0.3) is 5.91 Å². The molecule has 108 valence electrons. The molecule has 2 heterocycles. The van der Waals surface area contributed by atoms with Crippen molar-refractivity contribution in [3.8, 4) is 0 Å². The summed E-state index contributed by atoms with van der Waals surface area (Å²) < 4.78 is 1.48. The predicted molar refractivity (Wildman–Crippen MR) is 76.3 cm³/mol. The zero-order valence-electron chi connectivity index (χ0n) is 11.8. The molecule has 0 bridgehead atoms. The summed E-state index contributed by atoms with van der Waals surface area (Å²) in [6, 6.07) is 8.08. The Morgan fingerprint density at radius 3 is 2.67 bits per heavy atom. The van der Waals surface area contributed by atoms with Crippen molar-refractivity contribution in [3.63, 3.8) is 0 Å². The van der Waals surface area contributed by atoms with Crippen LogP contribution in [0, 0.1) is 6.92 Å². The maximum Gasteiger partial charge on any atom is 0.327 e. The van der Waals surface area contributed by atoms with E-state index in [-0.39, 0.29) is 5.91 Å². The first-order chi connectivity index (χ1) is 9.99. The Hall–Kier alpha value is -2.63. The molecular weight excluding hydrogens is 270 g/mol. The van der Waals surface area contributed by atoms with Gasteiger partial charge in [-0.1, -0.05) is 18.2 Å². The Morgan fingerprint density at radius 1 is 1.33 bits per heavy atom. The Kier molecular flexibility index (Phi) is 3.01. The number of carbonyl (C=O) groups is 2. The number of benzene rings is 1. The fraction of sp³-hybridized carbons (Fsp3) is 0.267. The van der Waals surface area contributed by atoms with Crippen LogP contribution in [0.15, 0.2) is 30.3 Å². The van der Waals surface area contributed by atoms with Crippen LogP contribution in [0.1, 0.15) is 21.7 Å². The van der Waals surface area contributed by atoms with Crippen molar-refractivity contribution in [3.05, 3.63) is 47.3 Å². The van der Waals surface area contributed by atoms with Gasteiger partial charge >= 0.3 is 5.97 Å². The number of aromatic nitrogens is 2. The van der Waals surface area contributed by atoms with Gasteiger partial charge in [-0.15, -0.1) is 0 Å². The number of anilines is 1. The van der Waals surface area contributed by atoms with Crippen molar-refractivity contribution in [2.45, 2.75) is 19.4 Å². The summed E-state index contributed by atoms with van der Waals surface area (Å²) in [7, 11) is 1.68. The third-order valence-corrected chi connectivity index (χ3v) is 3.70. The van der Waals surface area contributed by atoms with Gasteiger partial charge in [-0.2, -0.15) is 5.10 Å². The summed E-state index contributed by atoms with van der Waals surface area (Å²) in [4.78, 5) is 25.6. The highest BCUT2D eigenvalue weighted by Crippen LogP contribution is 2.33. The number of rotatable bonds is 2. The lowest BCUT2D eigenvalue weighted by molar-refractivity contribution is -0.138. The Balaban J connectivity index is 2.07. The van der Waals surface area contributed by atoms with E-state index in [1.165, 1.54) is 9.58 Å². The zero-order valence-corrected chi connectivity index (χ0v) is 11.8. The van der Waals surface area contributed by atoms with Crippen LogP contribution in [-0.4, -0.2) is 32.8 Å². The molecule has 0 spiro atoms. The summed E-state index contributed by atoms with van der Waals surface area (Å²) in [6.45, 7) is 1.80. The molecule has 1 amide bonds. The number of carbonyl (C=O) groups excluding carboxylic acids is 1. The van der Waals surface area contributed by atoms with Gasteiger partial charge in [-0.3, -0.25) is 14.4 Å². The smallest absolute Gasteiger partial charge is 0.327 e. The van der Waals surface area contributed by atoms with Gasteiger partial charge in [0.05, 0.1) is 5.69 Å². The van der Waals surface area contributed by atoms with E-state index in [0.29, 0.717) is 17.8 Å². The highest BCUT2D eigenvalue weighted by Gasteiger charge is 2.39. The Bertz CT molecular complexity index is 736. The first-order valence-corrected chi connectivity index (χ1v) is 6.64. The molecule has 1 aromatic heterocycles. The van der Waals surface area contributed by atoms with Crippen molar-refractivity contribution in [2.75, 3.05) is 4.90 Å². The molecule has 1 aromatic carbocycles. The van der Waals surface area contributed by atoms with Gasteiger partial charge in [0, 0.05) is 19.2 Å². The Morgan fingerprint density at radius 2 is 2.05 bits per heavy atom. The quantitative estimate of drug-likeness (QED) is 0.904. The SMILES string of the molecule is Cc1cc(C(=O)N2c3ccccc3C[C@H]2C(=O)O)n(C)n1. The van der Waals surface area contributed by atoms with Crippen molar-refractivity contribution in [1.29, 1.82) is 0 Å². The van der Waals surface area contributed by atoms with Gasteiger partial charge in [-0.05, 0) is 24.6 Å². The molecule has 1 aliphatic rings. The number of hydrogen-bond donors (Lipinski definition) is 1. The average Bonchev–Trinajstić information content (AvgIpc) is 2.98. The maximum atomic E-state index is 12.8. The lowest BCUT2D eigenvalue weighted by Gasteiger charge is -2.22. The van der Waals surface area contributed by atoms with Crippen LogP contribution in [0.5, 0.6) is 0 Å². The van der Waals surface area contributed by atoms with Gasteiger partial charge in [-0.25, -0.2) is 4.79 Å². The minimum atomic E-state index is -1.00. The minimum Gasteiger partial charge on any atom is -0.480 e. The van der Waals surface area contributed by atoms with E-state index in [9.17, 15) is 14.7 Å². The lowest BCUT2D eigenvalue weighted by Crippen LogP contribution is -2.43. The second-order valence-electron chi connectivity index (χ2n) is 5.16. The number of fused-ring (bicyclic) bond motifs is 1. The number of carboxylic acids is 1. The molecule has 3 rings (SSSR count). The summed E-state index contributed by atoms with van der Waals surface area (Å²) >= 11 is 0. The molecule has 1 N–H and O–H groups in total. The van der Waals surface area contributed by atoms with Crippen LogP contribution in [0.4, 0.5) is 5.69 Å². The maximum absolute atomic E-state index is 12.8. The molecule has 0 radical (unpaired) electrons. The number of aryl methyl sites for hydroxylation is 2. The number of nitrogens with zero attached hydrogens (tertiary/aromatic N) is 3. The highest BCUT2D eigenvalue weighted by atomic mass is 16.4. The molecule has 1 aliphatic heterocycles. The molecule has 0 fully saturated rings. The van der Waals surface area contributed by atoms with Crippen molar-refractivity contribution < 1.29 is 14.7 Å². The van der Waals surface area contributed by atoms with Crippen LogP contribution in [0.25, 0.3) is 0 Å². The van der Waals surface area contributed by atoms with E-state index in [0.717, 1.165) is 11.3 Å². The normalized spacial score (nSPS) is 16.9. The summed E-state index contributed by atoms with van der Waals surface area (Å²) in [5.41, 5.74) is 2.64. The fourth-order valence-corrected chi connectivity index (χ4v) is 2.77. The topological polar surface area (TPSA) is 75.4 Å². The molecule has 0 unspecified atom stereocenters. The van der Waals surface area contributed by atoms with E-state index in [1.807, 2.05) is 12.1 Å². The van der Waals surface area contributed by atoms with E-state index in [1.54, 1.807) is 32.2 Å². The van der Waals surface area contributed by atoms with E-state index in [2.05, 4.69) is 5.10 Å². The molecule has 0 aliphatic carbocycles. The number of hydrogen-bond acceptors (Lipinski definition) is 3. The number of carboxylic acid groups (broad SMARTS) is 1. The average molecular weight is 285 g/mol. The van der Waals surface area contributed by atoms with Crippen LogP contribution in [0.2, 0.25) is 0 Å². The number of aliphatic carboxylic acids is 1. The molecule has 0 saturated heterocycles. The highest BCUT2D eigenvalue weighted by molar-refractivity contribution is 6.10. The Labute approximate surface area is 121 Å². The van der Waals surface area contributed by atoms with Crippen LogP contribution in [-0.2, 0) is 18.3 Å². The largest absolute Gasteiger partial charge is 0.480 e. The van der Waals surface area contributed by atoms with Crippen LogP contribution >= 0.6 is 0 Å². The van der Waals surface area contributed by atoms with Gasteiger partial charge in [0.2, 0.25) is 0 Å². The number of para-hydroxylation sites is 1. The van der Waals surface area contributed by atoms with Crippen LogP contribution < -0.4 is 4.90 Å². The molecule has 1 atom stereocenters. The molecule has 6 nitrogen and oxygen atoms in total. The first kappa shape index (κ1) is 13.4.